The molecule has 1 fully saturated rings. The number of ether oxygens (including phenoxy) is 1. The fourth-order valence-electron chi connectivity index (χ4n) is 2.74. The van der Waals surface area contributed by atoms with Gasteiger partial charge in [0.25, 0.3) is 5.69 Å². The molecule has 0 bridgehead atoms. The van der Waals surface area contributed by atoms with Crippen LogP contribution in [0, 0.1) is 16.0 Å². The van der Waals surface area contributed by atoms with Crippen molar-refractivity contribution in [2.45, 2.75) is 26.4 Å². The summed E-state index contributed by atoms with van der Waals surface area (Å²) in [5, 5.41) is 11.1. The summed E-state index contributed by atoms with van der Waals surface area (Å²) in [7, 11) is 1.69. The second kappa shape index (κ2) is 6.22. The molecular weight excluding hydrogens is 272 g/mol. The average molecular weight is 292 g/mol. The number of rotatable bonds is 4. The Hall–Kier alpha value is -1.95. The summed E-state index contributed by atoms with van der Waals surface area (Å²) in [5.74, 6) is 0.174. The smallest absolute Gasteiger partial charge is 0.282 e. The lowest BCUT2D eigenvalue weighted by atomic mass is 9.95. The Balaban J connectivity index is 2.30. The van der Waals surface area contributed by atoms with Crippen molar-refractivity contribution in [3.8, 4) is 0 Å². The van der Waals surface area contributed by atoms with Crippen LogP contribution in [0.3, 0.4) is 0 Å². The van der Waals surface area contributed by atoms with Crippen molar-refractivity contribution in [2.75, 3.05) is 25.1 Å². The first kappa shape index (κ1) is 15.4. The molecule has 1 saturated heterocycles. The third kappa shape index (κ3) is 3.21. The molecule has 1 aliphatic heterocycles. The van der Waals surface area contributed by atoms with E-state index < -0.39 is 4.92 Å². The van der Waals surface area contributed by atoms with Gasteiger partial charge in [-0.3, -0.25) is 14.9 Å². The molecule has 0 amide bonds. The second-order valence-corrected chi connectivity index (χ2v) is 5.50. The maximum Gasteiger partial charge on any atom is 0.282 e. The molecule has 1 aromatic rings. The van der Waals surface area contributed by atoms with Crippen LogP contribution in [0.4, 0.5) is 11.4 Å². The van der Waals surface area contributed by atoms with Gasteiger partial charge in [0.15, 0.2) is 5.78 Å². The molecule has 114 valence electrons. The maximum atomic E-state index is 11.5. The molecule has 1 aliphatic rings. The van der Waals surface area contributed by atoms with Crippen molar-refractivity contribution >= 4 is 17.2 Å². The lowest BCUT2D eigenvalue weighted by molar-refractivity contribution is -0.385. The number of Topliss-reactive ketones (excluding diaryl/α,β-unsaturated/α-hetero) is 1. The average Bonchev–Trinajstić information content (AvgIpc) is 2.47. The minimum atomic E-state index is -0.499. The maximum absolute atomic E-state index is 11.5. The molecule has 0 aliphatic carbocycles. The normalized spacial score (nSPS) is 22.1. The zero-order valence-corrected chi connectivity index (χ0v) is 12.5. The number of methoxy groups -OCH3 is 1. The molecule has 0 spiro atoms. The monoisotopic (exact) mass is 292 g/mol. The number of nitro benzene ring substituents is 1. The summed E-state index contributed by atoms with van der Waals surface area (Å²) in [4.78, 5) is 24.2. The minimum absolute atomic E-state index is 0.116. The predicted octanol–water partition coefficient (Wildman–Crippen LogP) is 2.66. The van der Waals surface area contributed by atoms with Gasteiger partial charge in [-0.15, -0.1) is 0 Å². The lowest BCUT2D eigenvalue weighted by Gasteiger charge is -2.37. The molecule has 0 radical (unpaired) electrons. The number of hydrogen-bond acceptors (Lipinski definition) is 5. The van der Waals surface area contributed by atoms with Gasteiger partial charge in [0.1, 0.15) is 0 Å². The van der Waals surface area contributed by atoms with E-state index in [2.05, 4.69) is 11.8 Å². The zero-order valence-electron chi connectivity index (χ0n) is 12.5. The lowest BCUT2D eigenvalue weighted by Crippen LogP contribution is -2.43. The van der Waals surface area contributed by atoms with Crippen LogP contribution >= 0.6 is 0 Å². The standard InChI is InChI=1S/C15H20N2O4/c1-10-6-7-16(9-15(10)21-3)12-4-5-13(11(2)18)14(8-12)17(19)20/h4-5,8,10,15H,6-7,9H2,1-3H3. The van der Waals surface area contributed by atoms with E-state index in [0.717, 1.165) is 18.7 Å². The number of carbonyl (C=O) groups excluding carboxylic acids is 1. The van der Waals surface area contributed by atoms with Gasteiger partial charge in [0.2, 0.25) is 0 Å². The molecule has 0 N–H and O–H groups in total. The number of nitrogens with zero attached hydrogens (tertiary/aromatic N) is 2. The topological polar surface area (TPSA) is 72.7 Å². The van der Waals surface area contributed by atoms with E-state index in [-0.39, 0.29) is 23.1 Å². The summed E-state index contributed by atoms with van der Waals surface area (Å²) in [5.41, 5.74) is 0.783. The van der Waals surface area contributed by atoms with Crippen LogP contribution in [0.25, 0.3) is 0 Å². The zero-order chi connectivity index (χ0) is 15.6. The van der Waals surface area contributed by atoms with Crippen LogP contribution in [0.2, 0.25) is 0 Å². The quantitative estimate of drug-likeness (QED) is 0.484. The minimum Gasteiger partial charge on any atom is -0.379 e. The first-order chi connectivity index (χ1) is 9.93. The van der Waals surface area contributed by atoms with Gasteiger partial charge in [-0.05, 0) is 31.4 Å². The van der Waals surface area contributed by atoms with Gasteiger partial charge in [-0.1, -0.05) is 6.92 Å². The summed E-state index contributed by atoms with van der Waals surface area (Å²) in [6.07, 6.45) is 1.09. The molecular formula is C15H20N2O4. The summed E-state index contributed by atoms with van der Waals surface area (Å²) in [6, 6.07) is 4.79. The molecule has 21 heavy (non-hydrogen) atoms. The fraction of sp³-hybridized carbons (Fsp3) is 0.533. The Labute approximate surface area is 123 Å². The van der Waals surface area contributed by atoms with Crippen LogP contribution in [-0.4, -0.2) is 37.0 Å². The van der Waals surface area contributed by atoms with E-state index >= 15 is 0 Å². The van der Waals surface area contributed by atoms with Crippen molar-refractivity contribution in [1.29, 1.82) is 0 Å². The van der Waals surface area contributed by atoms with Gasteiger partial charge < -0.3 is 9.64 Å². The highest BCUT2D eigenvalue weighted by atomic mass is 16.6. The Morgan fingerprint density at radius 3 is 2.76 bits per heavy atom. The summed E-state index contributed by atoms with van der Waals surface area (Å²) >= 11 is 0. The van der Waals surface area contributed by atoms with Crippen LogP contribution in [0.5, 0.6) is 0 Å². The number of piperidine rings is 1. The van der Waals surface area contributed by atoms with E-state index in [4.69, 9.17) is 4.74 Å². The van der Waals surface area contributed by atoms with Crippen LogP contribution < -0.4 is 4.90 Å². The summed E-state index contributed by atoms with van der Waals surface area (Å²) < 4.78 is 5.47. The molecule has 0 saturated carbocycles. The third-order valence-corrected chi connectivity index (χ3v) is 4.11. The number of hydrogen-bond donors (Lipinski definition) is 0. The van der Waals surface area contributed by atoms with Crippen molar-refractivity contribution in [3.05, 3.63) is 33.9 Å². The van der Waals surface area contributed by atoms with Crippen LogP contribution in [0.1, 0.15) is 30.6 Å². The largest absolute Gasteiger partial charge is 0.379 e. The molecule has 2 atom stereocenters. The molecule has 6 nitrogen and oxygen atoms in total. The van der Waals surface area contributed by atoms with Gasteiger partial charge >= 0.3 is 0 Å². The first-order valence-corrected chi connectivity index (χ1v) is 7.01. The number of carbonyl (C=O) groups is 1. The third-order valence-electron chi connectivity index (χ3n) is 4.11. The Kier molecular flexibility index (Phi) is 4.57. The Bertz CT molecular complexity index is 559. The Morgan fingerprint density at radius 2 is 2.19 bits per heavy atom. The van der Waals surface area contributed by atoms with E-state index in [1.165, 1.54) is 19.1 Å². The highest BCUT2D eigenvalue weighted by molar-refractivity contribution is 5.98. The SMILES string of the molecule is COC1CN(c2ccc(C(C)=O)c([N+](=O)[O-])c2)CCC1C. The van der Waals surface area contributed by atoms with Crippen molar-refractivity contribution in [2.24, 2.45) is 5.92 Å². The molecule has 2 unspecified atom stereocenters. The fourth-order valence-corrected chi connectivity index (χ4v) is 2.74. The molecule has 1 aromatic carbocycles. The number of benzene rings is 1. The number of anilines is 1. The van der Waals surface area contributed by atoms with Crippen molar-refractivity contribution < 1.29 is 14.5 Å². The van der Waals surface area contributed by atoms with Crippen molar-refractivity contribution in [3.63, 3.8) is 0 Å². The molecule has 0 aromatic heterocycles. The van der Waals surface area contributed by atoms with Gasteiger partial charge in [0, 0.05) is 32.0 Å². The van der Waals surface area contributed by atoms with E-state index in [1.807, 2.05) is 0 Å². The van der Waals surface area contributed by atoms with E-state index in [0.29, 0.717) is 12.5 Å². The second-order valence-electron chi connectivity index (χ2n) is 5.50. The van der Waals surface area contributed by atoms with E-state index in [9.17, 15) is 14.9 Å². The predicted molar refractivity (Wildman–Crippen MR) is 79.9 cm³/mol. The van der Waals surface area contributed by atoms with E-state index in [1.54, 1.807) is 13.2 Å². The number of ketones is 1. The molecule has 2 rings (SSSR count). The molecule has 6 heteroatoms. The van der Waals surface area contributed by atoms with Crippen molar-refractivity contribution in [1.82, 2.24) is 0 Å². The van der Waals surface area contributed by atoms with Gasteiger partial charge in [-0.2, -0.15) is 0 Å². The Morgan fingerprint density at radius 1 is 1.48 bits per heavy atom. The number of nitro groups is 1. The summed E-state index contributed by atoms with van der Waals surface area (Å²) in [6.45, 7) is 5.02. The first-order valence-electron chi connectivity index (χ1n) is 7.01. The van der Waals surface area contributed by atoms with Gasteiger partial charge in [-0.25, -0.2) is 0 Å². The highest BCUT2D eigenvalue weighted by Crippen LogP contribution is 2.29. The van der Waals surface area contributed by atoms with Crippen LogP contribution in [-0.2, 0) is 4.74 Å². The highest BCUT2D eigenvalue weighted by Gasteiger charge is 2.27. The molecule has 1 heterocycles. The van der Waals surface area contributed by atoms with Crippen LogP contribution in [0.15, 0.2) is 18.2 Å². The van der Waals surface area contributed by atoms with Gasteiger partial charge in [0.05, 0.1) is 16.6 Å².